The number of furan rings is 1. The first-order valence-corrected chi connectivity index (χ1v) is 8.48. The van der Waals surface area contributed by atoms with E-state index >= 15 is 0 Å². The molecule has 2 aromatic heterocycles. The van der Waals surface area contributed by atoms with Crippen LogP contribution in [0.15, 0.2) is 58.4 Å². The summed E-state index contributed by atoms with van der Waals surface area (Å²) in [5.74, 6) is 0.180. The number of carbonyl (C=O) groups is 1. The Morgan fingerprint density at radius 3 is 2.71 bits per heavy atom. The highest BCUT2D eigenvalue weighted by molar-refractivity contribution is 7.98. The lowest BCUT2D eigenvalue weighted by Crippen LogP contribution is -2.28. The first-order valence-electron chi connectivity index (χ1n) is 7.25. The molecule has 0 spiro atoms. The van der Waals surface area contributed by atoms with Crippen LogP contribution in [0.2, 0.25) is 0 Å². The van der Waals surface area contributed by atoms with Gasteiger partial charge in [-0.2, -0.15) is 0 Å². The number of thioether (sulfide) groups is 1. The number of nitrogens with zero attached hydrogens (tertiary/aromatic N) is 3. The second-order valence-electron chi connectivity index (χ2n) is 5.18. The van der Waals surface area contributed by atoms with Crippen molar-refractivity contribution in [1.82, 2.24) is 14.5 Å². The maximum atomic E-state index is 13.2. The monoisotopic (exact) mass is 345 g/mol. The number of halogens is 1. The molecule has 0 aliphatic rings. The van der Waals surface area contributed by atoms with Gasteiger partial charge in [-0.1, -0.05) is 11.8 Å². The number of hydrogen-bond acceptors (Lipinski definition) is 4. The maximum absolute atomic E-state index is 13.2. The molecule has 3 rings (SSSR count). The van der Waals surface area contributed by atoms with Crippen molar-refractivity contribution >= 4 is 17.7 Å². The number of imidazole rings is 1. The predicted molar refractivity (Wildman–Crippen MR) is 89.8 cm³/mol. The van der Waals surface area contributed by atoms with Crippen LogP contribution in [-0.2, 0) is 6.54 Å². The third-order valence-corrected chi connectivity index (χ3v) is 4.19. The predicted octanol–water partition coefficient (Wildman–Crippen LogP) is 3.60. The molecule has 0 bridgehead atoms. The van der Waals surface area contributed by atoms with Crippen LogP contribution in [0.4, 0.5) is 4.39 Å². The number of benzene rings is 1. The molecule has 5 nitrogen and oxygen atoms in total. The van der Waals surface area contributed by atoms with Crippen LogP contribution in [0.25, 0.3) is 5.69 Å². The second-order valence-corrected chi connectivity index (χ2v) is 5.96. The molecule has 0 saturated carbocycles. The van der Waals surface area contributed by atoms with Gasteiger partial charge in [-0.15, -0.1) is 0 Å². The lowest BCUT2D eigenvalue weighted by Gasteiger charge is -2.17. The topological polar surface area (TPSA) is 51.3 Å². The minimum Gasteiger partial charge on any atom is -0.467 e. The number of hydrogen-bond donors (Lipinski definition) is 0. The molecule has 0 aliphatic carbocycles. The molecule has 0 radical (unpaired) electrons. The van der Waals surface area contributed by atoms with E-state index < -0.39 is 0 Å². The average molecular weight is 345 g/mol. The van der Waals surface area contributed by atoms with Gasteiger partial charge in [0.1, 0.15) is 17.3 Å². The van der Waals surface area contributed by atoms with E-state index in [0.717, 1.165) is 0 Å². The van der Waals surface area contributed by atoms with Crippen LogP contribution in [-0.4, -0.2) is 33.7 Å². The van der Waals surface area contributed by atoms with E-state index in [1.165, 1.54) is 30.1 Å². The van der Waals surface area contributed by atoms with Gasteiger partial charge in [-0.05, 0) is 42.7 Å². The Hall–Kier alpha value is -2.54. The van der Waals surface area contributed by atoms with Gasteiger partial charge in [0.15, 0.2) is 5.16 Å². The summed E-state index contributed by atoms with van der Waals surface area (Å²) in [5.41, 5.74) is 1.10. The summed E-state index contributed by atoms with van der Waals surface area (Å²) in [6.07, 6.45) is 4.99. The number of carbonyl (C=O) groups excluding carboxylic acids is 1. The Balaban J connectivity index is 1.94. The standard InChI is InChI=1S/C17H16FN3O2S/c1-20(11-14-4-3-9-23-14)16(22)15-10-19-17(24-2)21(15)13-7-5-12(18)6-8-13/h3-10H,11H2,1-2H3. The maximum Gasteiger partial charge on any atom is 0.272 e. The summed E-state index contributed by atoms with van der Waals surface area (Å²) < 4.78 is 20.2. The van der Waals surface area contributed by atoms with Gasteiger partial charge in [0.25, 0.3) is 5.91 Å². The van der Waals surface area contributed by atoms with Gasteiger partial charge in [-0.3, -0.25) is 9.36 Å². The molecule has 0 fully saturated rings. The second kappa shape index (κ2) is 6.92. The molecule has 7 heteroatoms. The zero-order valence-electron chi connectivity index (χ0n) is 13.3. The summed E-state index contributed by atoms with van der Waals surface area (Å²) in [6.45, 7) is 0.356. The minimum atomic E-state index is -0.326. The quantitative estimate of drug-likeness (QED) is 0.663. The van der Waals surface area contributed by atoms with Crippen LogP contribution in [0, 0.1) is 5.82 Å². The fourth-order valence-electron chi connectivity index (χ4n) is 2.37. The molecular formula is C17H16FN3O2S. The Kier molecular flexibility index (Phi) is 4.71. The summed E-state index contributed by atoms with van der Waals surface area (Å²) >= 11 is 1.42. The van der Waals surface area contributed by atoms with Crippen molar-refractivity contribution in [2.75, 3.05) is 13.3 Å². The van der Waals surface area contributed by atoms with Crippen LogP contribution in [0.5, 0.6) is 0 Å². The van der Waals surface area contributed by atoms with Crippen LogP contribution >= 0.6 is 11.8 Å². The van der Waals surface area contributed by atoms with E-state index in [-0.39, 0.29) is 11.7 Å². The third-order valence-electron chi connectivity index (χ3n) is 3.54. The normalized spacial score (nSPS) is 10.8. The average Bonchev–Trinajstić information content (AvgIpc) is 3.24. The van der Waals surface area contributed by atoms with Gasteiger partial charge >= 0.3 is 0 Å². The largest absolute Gasteiger partial charge is 0.467 e. The lowest BCUT2D eigenvalue weighted by atomic mass is 10.3. The van der Waals surface area contributed by atoms with Crippen molar-refractivity contribution in [3.8, 4) is 5.69 Å². The zero-order chi connectivity index (χ0) is 17.1. The molecule has 3 aromatic rings. The first kappa shape index (κ1) is 16.3. The van der Waals surface area contributed by atoms with Crippen molar-refractivity contribution in [2.24, 2.45) is 0 Å². The molecule has 0 N–H and O–H groups in total. The van der Waals surface area contributed by atoms with E-state index in [4.69, 9.17) is 4.42 Å². The van der Waals surface area contributed by atoms with Crippen molar-refractivity contribution in [2.45, 2.75) is 11.7 Å². The molecule has 124 valence electrons. The van der Waals surface area contributed by atoms with Crippen molar-refractivity contribution in [3.63, 3.8) is 0 Å². The highest BCUT2D eigenvalue weighted by Gasteiger charge is 2.21. The summed E-state index contributed by atoms with van der Waals surface area (Å²) in [4.78, 5) is 18.7. The van der Waals surface area contributed by atoms with Gasteiger partial charge in [-0.25, -0.2) is 9.37 Å². The summed E-state index contributed by atoms with van der Waals surface area (Å²) in [7, 11) is 1.70. The third kappa shape index (κ3) is 3.21. The smallest absolute Gasteiger partial charge is 0.272 e. The van der Waals surface area contributed by atoms with E-state index in [1.54, 1.807) is 41.0 Å². The fraction of sp³-hybridized carbons (Fsp3) is 0.176. The minimum absolute atomic E-state index is 0.191. The summed E-state index contributed by atoms with van der Waals surface area (Å²) in [6, 6.07) is 9.57. The van der Waals surface area contributed by atoms with Crippen molar-refractivity contribution in [3.05, 3.63) is 66.1 Å². The Bertz CT molecular complexity index is 828. The fourth-order valence-corrected chi connectivity index (χ4v) is 2.92. The zero-order valence-corrected chi connectivity index (χ0v) is 14.1. The SMILES string of the molecule is CSc1ncc(C(=O)N(C)Cc2ccco2)n1-c1ccc(F)cc1. The van der Waals surface area contributed by atoms with Gasteiger partial charge in [0.05, 0.1) is 19.0 Å². The highest BCUT2D eigenvalue weighted by atomic mass is 32.2. The molecule has 0 saturated heterocycles. The van der Waals surface area contributed by atoms with Gasteiger partial charge in [0.2, 0.25) is 0 Å². The lowest BCUT2D eigenvalue weighted by molar-refractivity contribution is 0.0767. The molecular weight excluding hydrogens is 329 g/mol. The van der Waals surface area contributed by atoms with E-state index in [1.807, 2.05) is 12.3 Å². The van der Waals surface area contributed by atoms with Gasteiger partial charge in [0, 0.05) is 12.7 Å². The van der Waals surface area contributed by atoms with E-state index in [0.29, 0.717) is 28.8 Å². The summed E-state index contributed by atoms with van der Waals surface area (Å²) in [5, 5.41) is 0.663. The number of aromatic nitrogens is 2. The molecule has 0 unspecified atom stereocenters. The van der Waals surface area contributed by atoms with Gasteiger partial charge < -0.3 is 9.32 Å². The molecule has 0 aliphatic heterocycles. The molecule has 1 amide bonds. The van der Waals surface area contributed by atoms with Crippen LogP contribution in [0.3, 0.4) is 0 Å². The van der Waals surface area contributed by atoms with Crippen molar-refractivity contribution in [1.29, 1.82) is 0 Å². The molecule has 1 aromatic carbocycles. The Morgan fingerprint density at radius 1 is 1.33 bits per heavy atom. The van der Waals surface area contributed by atoms with E-state index in [2.05, 4.69) is 4.98 Å². The Morgan fingerprint density at radius 2 is 2.08 bits per heavy atom. The van der Waals surface area contributed by atoms with Crippen molar-refractivity contribution < 1.29 is 13.6 Å². The van der Waals surface area contributed by atoms with E-state index in [9.17, 15) is 9.18 Å². The van der Waals surface area contributed by atoms with Crippen LogP contribution in [0.1, 0.15) is 16.2 Å². The number of amides is 1. The Labute approximate surface area is 143 Å². The molecule has 2 heterocycles. The number of rotatable bonds is 5. The molecule has 0 atom stereocenters. The first-order chi connectivity index (χ1) is 11.6. The molecule has 24 heavy (non-hydrogen) atoms. The van der Waals surface area contributed by atoms with Crippen LogP contribution < -0.4 is 0 Å². The highest BCUT2D eigenvalue weighted by Crippen LogP contribution is 2.23.